The molecule has 1 aromatic carbocycles. The van der Waals surface area contributed by atoms with E-state index in [4.69, 9.17) is 5.73 Å². The molecule has 65 valence electrons. The predicted molar refractivity (Wildman–Crippen MR) is 48.0 cm³/mol. The van der Waals surface area contributed by atoms with Crippen LogP contribution in [0.3, 0.4) is 0 Å². The molecule has 2 N–H and O–H groups in total. The summed E-state index contributed by atoms with van der Waals surface area (Å²) in [5.74, 6) is 0.0394. The van der Waals surface area contributed by atoms with Crippen molar-refractivity contribution in [2.24, 2.45) is 0 Å². The smallest absolute Gasteiger partial charge is 0.216 e. The highest BCUT2D eigenvalue weighted by Gasteiger charge is 2.04. The van der Waals surface area contributed by atoms with Crippen molar-refractivity contribution in [2.75, 3.05) is 0 Å². The van der Waals surface area contributed by atoms with E-state index in [2.05, 4.69) is 5.10 Å². The standard InChI is InChI=1S/C9H8N3O/c10-8-6-9(13)12(11-8)7-4-2-1-3-5-7/h1-6,10,13H. The zero-order valence-corrected chi connectivity index (χ0v) is 6.81. The number of hydrogen-bond donors (Lipinski definition) is 1. The van der Waals surface area contributed by atoms with Crippen LogP contribution in [0.25, 0.3) is 5.69 Å². The van der Waals surface area contributed by atoms with Gasteiger partial charge in [0.15, 0.2) is 5.82 Å². The Morgan fingerprint density at radius 1 is 1.23 bits per heavy atom. The van der Waals surface area contributed by atoms with Gasteiger partial charge in [-0.25, -0.2) is 0 Å². The van der Waals surface area contributed by atoms with Crippen molar-refractivity contribution in [2.45, 2.75) is 0 Å². The van der Waals surface area contributed by atoms with Crippen LogP contribution >= 0.6 is 0 Å². The van der Waals surface area contributed by atoms with Crippen LogP contribution in [0.2, 0.25) is 0 Å². The Balaban J connectivity index is 2.53. The van der Waals surface area contributed by atoms with Gasteiger partial charge in [0.2, 0.25) is 5.88 Å². The van der Waals surface area contributed by atoms with E-state index < -0.39 is 0 Å². The van der Waals surface area contributed by atoms with Crippen LogP contribution in [0.15, 0.2) is 36.4 Å². The topological polar surface area (TPSA) is 61.9 Å². The number of aromatic nitrogens is 2. The van der Waals surface area contributed by atoms with Crippen LogP contribution in [0, 0.1) is 0 Å². The highest BCUT2D eigenvalue weighted by Crippen LogP contribution is 2.18. The van der Waals surface area contributed by atoms with E-state index in [1.807, 2.05) is 30.3 Å². The van der Waals surface area contributed by atoms with Crippen molar-refractivity contribution in [1.82, 2.24) is 15.5 Å². The Morgan fingerprint density at radius 2 is 1.92 bits per heavy atom. The Labute approximate surface area is 75.2 Å². The van der Waals surface area contributed by atoms with Crippen LogP contribution in [0.4, 0.5) is 5.82 Å². The molecule has 0 bridgehead atoms. The molecule has 4 heteroatoms. The van der Waals surface area contributed by atoms with Gasteiger partial charge in [-0.15, -0.1) is 5.10 Å². The summed E-state index contributed by atoms with van der Waals surface area (Å²) in [6.07, 6.45) is 0. The zero-order valence-electron chi connectivity index (χ0n) is 6.81. The molecule has 0 fully saturated rings. The average Bonchev–Trinajstić information content (AvgIpc) is 2.47. The molecule has 2 rings (SSSR count). The van der Waals surface area contributed by atoms with Gasteiger partial charge in [-0.1, -0.05) is 18.2 Å². The first kappa shape index (κ1) is 7.67. The van der Waals surface area contributed by atoms with Gasteiger partial charge in [0, 0.05) is 6.07 Å². The molecule has 1 radical (unpaired) electrons. The summed E-state index contributed by atoms with van der Waals surface area (Å²) in [7, 11) is 0. The molecular formula is C9H8N3O. The Bertz CT molecular complexity index is 408. The van der Waals surface area contributed by atoms with Gasteiger partial charge in [-0.05, 0) is 12.1 Å². The Morgan fingerprint density at radius 3 is 2.46 bits per heavy atom. The quantitative estimate of drug-likeness (QED) is 0.711. The summed E-state index contributed by atoms with van der Waals surface area (Å²) >= 11 is 0. The molecular weight excluding hydrogens is 166 g/mol. The Hall–Kier alpha value is -1.97. The van der Waals surface area contributed by atoms with E-state index >= 15 is 0 Å². The summed E-state index contributed by atoms with van der Waals surface area (Å²) in [6.45, 7) is 0. The van der Waals surface area contributed by atoms with Crippen LogP contribution in [-0.2, 0) is 0 Å². The minimum atomic E-state index is -0.0174. The fourth-order valence-corrected chi connectivity index (χ4v) is 1.13. The molecule has 0 amide bonds. The minimum absolute atomic E-state index is 0.0174. The first-order chi connectivity index (χ1) is 6.27. The maximum Gasteiger partial charge on any atom is 0.216 e. The highest BCUT2D eigenvalue weighted by molar-refractivity contribution is 5.39. The number of nitrogens with zero attached hydrogens (tertiary/aromatic N) is 2. The first-order valence-corrected chi connectivity index (χ1v) is 3.83. The maximum atomic E-state index is 9.37. The number of aromatic hydroxyl groups is 1. The lowest BCUT2D eigenvalue weighted by atomic mass is 10.3. The van der Waals surface area contributed by atoms with E-state index in [0.29, 0.717) is 0 Å². The molecule has 1 aromatic heterocycles. The SMILES string of the molecule is [NH]c1cc(O)n(-c2ccccc2)n1. The van der Waals surface area contributed by atoms with Crippen LogP contribution < -0.4 is 5.73 Å². The number of benzene rings is 1. The van der Waals surface area contributed by atoms with Crippen molar-refractivity contribution in [3.63, 3.8) is 0 Å². The summed E-state index contributed by atoms with van der Waals surface area (Å²) in [6, 6.07) is 10.5. The number of nitrogens with one attached hydrogen (secondary N) is 1. The van der Waals surface area contributed by atoms with Gasteiger partial charge in [0.1, 0.15) is 0 Å². The summed E-state index contributed by atoms with van der Waals surface area (Å²) in [4.78, 5) is 0. The lowest BCUT2D eigenvalue weighted by Crippen LogP contribution is -1.94. The monoisotopic (exact) mass is 174 g/mol. The molecule has 0 saturated carbocycles. The van der Waals surface area contributed by atoms with Gasteiger partial charge in [-0.2, -0.15) is 4.68 Å². The second kappa shape index (κ2) is 2.82. The molecule has 1 heterocycles. The highest BCUT2D eigenvalue weighted by atomic mass is 16.3. The molecule has 0 aliphatic carbocycles. The van der Waals surface area contributed by atoms with E-state index in [-0.39, 0.29) is 11.7 Å². The Kier molecular flexibility index (Phi) is 1.66. The summed E-state index contributed by atoms with van der Waals surface area (Å²) in [5, 5.41) is 13.2. The lowest BCUT2D eigenvalue weighted by molar-refractivity contribution is 0.433. The largest absolute Gasteiger partial charge is 0.493 e. The predicted octanol–water partition coefficient (Wildman–Crippen LogP) is 1.49. The van der Waals surface area contributed by atoms with Gasteiger partial charge in [0.05, 0.1) is 5.69 Å². The second-order valence-electron chi connectivity index (χ2n) is 2.64. The molecule has 2 aromatic rings. The molecule has 4 nitrogen and oxygen atoms in total. The van der Waals surface area contributed by atoms with Crippen LogP contribution in [-0.4, -0.2) is 14.9 Å². The van der Waals surface area contributed by atoms with Crippen molar-refractivity contribution in [1.29, 1.82) is 0 Å². The van der Waals surface area contributed by atoms with E-state index in [0.717, 1.165) is 5.69 Å². The molecule has 0 unspecified atom stereocenters. The van der Waals surface area contributed by atoms with Crippen molar-refractivity contribution >= 4 is 5.82 Å². The minimum Gasteiger partial charge on any atom is -0.493 e. The van der Waals surface area contributed by atoms with E-state index in [1.165, 1.54) is 10.7 Å². The van der Waals surface area contributed by atoms with Gasteiger partial charge in [0.25, 0.3) is 0 Å². The van der Waals surface area contributed by atoms with E-state index in [9.17, 15) is 5.11 Å². The first-order valence-electron chi connectivity index (χ1n) is 3.83. The normalized spacial score (nSPS) is 10.2. The number of hydrogen-bond acceptors (Lipinski definition) is 2. The van der Waals surface area contributed by atoms with Crippen molar-refractivity contribution in [3.8, 4) is 11.6 Å². The molecule has 0 aliphatic rings. The van der Waals surface area contributed by atoms with Crippen molar-refractivity contribution < 1.29 is 5.11 Å². The summed E-state index contributed by atoms with van der Waals surface area (Å²) in [5.41, 5.74) is 7.96. The molecule has 0 atom stereocenters. The maximum absolute atomic E-state index is 9.37. The third-order valence-corrected chi connectivity index (χ3v) is 1.69. The lowest BCUT2D eigenvalue weighted by Gasteiger charge is -2.00. The molecule has 13 heavy (non-hydrogen) atoms. The van der Waals surface area contributed by atoms with Crippen LogP contribution in [0.1, 0.15) is 0 Å². The fraction of sp³-hybridized carbons (Fsp3) is 0. The van der Waals surface area contributed by atoms with Crippen molar-refractivity contribution in [3.05, 3.63) is 36.4 Å². The molecule has 0 aliphatic heterocycles. The van der Waals surface area contributed by atoms with E-state index in [1.54, 1.807) is 0 Å². The fourth-order valence-electron chi connectivity index (χ4n) is 1.13. The third kappa shape index (κ3) is 1.33. The summed E-state index contributed by atoms with van der Waals surface area (Å²) < 4.78 is 1.32. The third-order valence-electron chi connectivity index (χ3n) is 1.69. The van der Waals surface area contributed by atoms with Gasteiger partial charge in [-0.3, -0.25) is 5.73 Å². The molecule has 0 saturated heterocycles. The average molecular weight is 174 g/mol. The van der Waals surface area contributed by atoms with Crippen LogP contribution in [0.5, 0.6) is 5.88 Å². The second-order valence-corrected chi connectivity index (χ2v) is 2.64. The number of para-hydroxylation sites is 1. The zero-order chi connectivity index (χ0) is 9.26. The number of rotatable bonds is 1. The molecule has 0 spiro atoms. The van der Waals surface area contributed by atoms with Gasteiger partial charge >= 0.3 is 0 Å². The van der Waals surface area contributed by atoms with Gasteiger partial charge < -0.3 is 5.11 Å².